The second kappa shape index (κ2) is 5.87. The van der Waals surface area contributed by atoms with Crippen LogP contribution in [0.5, 0.6) is 0 Å². The molecule has 7 heteroatoms. The third-order valence-corrected chi connectivity index (χ3v) is 3.43. The number of carboxylic acid groups (broad SMARTS) is 1. The van der Waals surface area contributed by atoms with Gasteiger partial charge in [-0.2, -0.15) is 0 Å². The van der Waals surface area contributed by atoms with Crippen LogP contribution in [0.2, 0.25) is 0 Å². The van der Waals surface area contributed by atoms with E-state index in [2.05, 4.69) is 15.6 Å². The predicted octanol–water partition coefficient (Wildman–Crippen LogP) is 0.370. The van der Waals surface area contributed by atoms with Gasteiger partial charge in [-0.3, -0.25) is 9.78 Å². The fourth-order valence-electron chi connectivity index (χ4n) is 1.98. The molecule has 2 amide bonds. The number of ether oxygens (including phenoxy) is 1. The van der Waals surface area contributed by atoms with Crippen LogP contribution < -0.4 is 10.6 Å². The van der Waals surface area contributed by atoms with Gasteiger partial charge in [-0.15, -0.1) is 0 Å². The van der Waals surface area contributed by atoms with E-state index in [1.807, 2.05) is 6.07 Å². The van der Waals surface area contributed by atoms with Gasteiger partial charge in [-0.1, -0.05) is 6.07 Å². The predicted molar refractivity (Wildman–Crippen MR) is 70.0 cm³/mol. The summed E-state index contributed by atoms with van der Waals surface area (Å²) >= 11 is 0. The van der Waals surface area contributed by atoms with Crippen molar-refractivity contribution in [3.8, 4) is 0 Å². The number of carbonyl (C=O) groups excluding carboxylic acids is 1. The molecule has 20 heavy (non-hydrogen) atoms. The van der Waals surface area contributed by atoms with Crippen molar-refractivity contribution in [2.45, 2.75) is 19.5 Å². The first-order chi connectivity index (χ1) is 9.52. The van der Waals surface area contributed by atoms with Crippen molar-refractivity contribution in [1.29, 1.82) is 0 Å². The normalized spacial score (nSPS) is 25.1. The molecule has 1 saturated heterocycles. The van der Waals surface area contributed by atoms with Gasteiger partial charge >= 0.3 is 12.0 Å². The summed E-state index contributed by atoms with van der Waals surface area (Å²) < 4.78 is 5.16. The van der Waals surface area contributed by atoms with Crippen LogP contribution in [0.4, 0.5) is 4.79 Å². The van der Waals surface area contributed by atoms with Gasteiger partial charge in [0, 0.05) is 18.9 Å². The smallest absolute Gasteiger partial charge is 0.315 e. The number of aromatic nitrogens is 1. The van der Waals surface area contributed by atoms with Gasteiger partial charge in [-0.05, 0) is 18.6 Å². The van der Waals surface area contributed by atoms with Crippen LogP contribution in [0.1, 0.15) is 12.5 Å². The fraction of sp³-hybridized carbons (Fsp3) is 0.462. The lowest BCUT2D eigenvalue weighted by atomic mass is 9.85. The Morgan fingerprint density at radius 1 is 1.60 bits per heavy atom. The Balaban J connectivity index is 1.87. The van der Waals surface area contributed by atoms with E-state index in [0.29, 0.717) is 6.54 Å². The number of nitrogens with zero attached hydrogens (tertiary/aromatic N) is 1. The number of carboxylic acids is 1. The number of hydrogen-bond acceptors (Lipinski definition) is 4. The molecule has 7 nitrogen and oxygen atoms in total. The lowest BCUT2D eigenvalue weighted by molar-refractivity contribution is -0.148. The monoisotopic (exact) mass is 279 g/mol. The Bertz CT molecular complexity index is 494. The van der Waals surface area contributed by atoms with E-state index in [0.717, 1.165) is 5.56 Å². The van der Waals surface area contributed by atoms with E-state index in [1.165, 1.54) is 0 Å². The third-order valence-electron chi connectivity index (χ3n) is 3.43. The molecule has 1 fully saturated rings. The average molecular weight is 279 g/mol. The molecule has 2 heterocycles. The van der Waals surface area contributed by atoms with Crippen LogP contribution >= 0.6 is 0 Å². The number of pyridine rings is 1. The highest BCUT2D eigenvalue weighted by Crippen LogP contribution is 2.28. The van der Waals surface area contributed by atoms with E-state index < -0.39 is 23.5 Å². The van der Waals surface area contributed by atoms with Crippen LogP contribution in [0, 0.1) is 5.41 Å². The van der Waals surface area contributed by atoms with Gasteiger partial charge in [0.2, 0.25) is 0 Å². The molecule has 2 rings (SSSR count). The minimum Gasteiger partial charge on any atom is -0.481 e. The molecule has 2 atom stereocenters. The third kappa shape index (κ3) is 3.05. The zero-order valence-electron chi connectivity index (χ0n) is 11.1. The second-order valence-corrected chi connectivity index (χ2v) is 4.98. The highest BCUT2D eigenvalue weighted by atomic mass is 16.5. The molecule has 0 aromatic carbocycles. The minimum atomic E-state index is -1.09. The number of nitrogens with one attached hydrogen (secondary N) is 2. The molecular weight excluding hydrogens is 262 g/mol. The summed E-state index contributed by atoms with van der Waals surface area (Å²) in [6.07, 6.45) is 3.30. The average Bonchev–Trinajstić information content (AvgIpc) is 2.80. The number of amides is 2. The number of carbonyl (C=O) groups is 2. The Hall–Kier alpha value is -2.15. The maximum absolute atomic E-state index is 11.8. The summed E-state index contributed by atoms with van der Waals surface area (Å²) in [6, 6.07) is 2.65. The zero-order valence-corrected chi connectivity index (χ0v) is 11.1. The maximum atomic E-state index is 11.8. The van der Waals surface area contributed by atoms with Crippen LogP contribution in [0.15, 0.2) is 24.5 Å². The van der Waals surface area contributed by atoms with Crippen LogP contribution in [-0.4, -0.2) is 41.3 Å². The highest BCUT2D eigenvalue weighted by Gasteiger charge is 2.47. The number of rotatable bonds is 4. The summed E-state index contributed by atoms with van der Waals surface area (Å²) in [4.78, 5) is 27.0. The van der Waals surface area contributed by atoms with E-state index in [4.69, 9.17) is 4.74 Å². The Morgan fingerprint density at radius 2 is 2.40 bits per heavy atom. The Labute approximate surface area is 116 Å². The van der Waals surface area contributed by atoms with Crippen molar-refractivity contribution < 1.29 is 19.4 Å². The Kier molecular flexibility index (Phi) is 4.19. The molecule has 0 spiro atoms. The quantitative estimate of drug-likeness (QED) is 0.739. The molecule has 0 aliphatic carbocycles. The zero-order chi connectivity index (χ0) is 14.6. The number of hydrogen-bond donors (Lipinski definition) is 3. The molecule has 1 aromatic heterocycles. The van der Waals surface area contributed by atoms with Crippen molar-refractivity contribution >= 4 is 12.0 Å². The first kappa shape index (κ1) is 14.3. The van der Waals surface area contributed by atoms with Crippen LogP contribution in [0.3, 0.4) is 0 Å². The molecule has 1 aromatic rings. The Morgan fingerprint density at radius 3 is 3.05 bits per heavy atom. The lowest BCUT2D eigenvalue weighted by Crippen LogP contribution is -2.52. The largest absolute Gasteiger partial charge is 0.481 e. The number of aliphatic carboxylic acids is 1. The molecular formula is C13H17N3O4. The highest BCUT2D eigenvalue weighted by molar-refractivity contribution is 5.79. The van der Waals surface area contributed by atoms with Crippen molar-refractivity contribution in [3.05, 3.63) is 30.1 Å². The van der Waals surface area contributed by atoms with Gasteiger partial charge in [0.25, 0.3) is 0 Å². The summed E-state index contributed by atoms with van der Waals surface area (Å²) in [7, 11) is 0. The van der Waals surface area contributed by atoms with E-state index in [9.17, 15) is 14.7 Å². The molecule has 0 saturated carbocycles. The fourth-order valence-corrected chi connectivity index (χ4v) is 1.98. The molecule has 3 N–H and O–H groups in total. The van der Waals surface area contributed by atoms with Crippen molar-refractivity contribution in [2.24, 2.45) is 5.41 Å². The summed E-state index contributed by atoms with van der Waals surface area (Å²) in [6.45, 7) is 2.18. The van der Waals surface area contributed by atoms with Crippen molar-refractivity contribution in [3.63, 3.8) is 0 Å². The molecule has 1 aliphatic rings. The van der Waals surface area contributed by atoms with Crippen LogP contribution in [-0.2, 0) is 16.1 Å². The first-order valence-corrected chi connectivity index (χ1v) is 6.27. The van der Waals surface area contributed by atoms with Crippen molar-refractivity contribution in [2.75, 3.05) is 13.2 Å². The molecule has 108 valence electrons. The van der Waals surface area contributed by atoms with Gasteiger partial charge < -0.3 is 20.5 Å². The number of urea groups is 1. The molecule has 0 bridgehead atoms. The summed E-state index contributed by atoms with van der Waals surface area (Å²) in [5, 5.41) is 14.5. The first-order valence-electron chi connectivity index (χ1n) is 6.27. The minimum absolute atomic E-state index is 0.0931. The molecule has 1 aliphatic heterocycles. The van der Waals surface area contributed by atoms with Crippen molar-refractivity contribution in [1.82, 2.24) is 15.6 Å². The SMILES string of the molecule is CC1(C(=O)O)COCC1NC(=O)NCc1cccnc1. The standard InChI is InChI=1S/C13H17N3O4/c1-13(11(17)18)8-20-7-10(13)16-12(19)15-6-9-3-2-4-14-5-9/h2-5,10H,6-8H2,1H3,(H,17,18)(H2,15,16,19). The lowest BCUT2D eigenvalue weighted by Gasteiger charge is -2.25. The summed E-state index contributed by atoms with van der Waals surface area (Å²) in [5.74, 6) is -0.979. The van der Waals surface area contributed by atoms with Gasteiger partial charge in [-0.25, -0.2) is 4.79 Å². The van der Waals surface area contributed by atoms with Gasteiger partial charge in [0.15, 0.2) is 0 Å². The van der Waals surface area contributed by atoms with Gasteiger partial charge in [0.05, 0.1) is 19.3 Å². The van der Waals surface area contributed by atoms with E-state index in [-0.39, 0.29) is 13.2 Å². The molecule has 2 unspecified atom stereocenters. The van der Waals surface area contributed by atoms with Gasteiger partial charge in [0.1, 0.15) is 5.41 Å². The topological polar surface area (TPSA) is 101 Å². The van der Waals surface area contributed by atoms with E-state index in [1.54, 1.807) is 25.4 Å². The molecule has 0 radical (unpaired) electrons. The second-order valence-electron chi connectivity index (χ2n) is 4.98. The van der Waals surface area contributed by atoms with E-state index >= 15 is 0 Å². The maximum Gasteiger partial charge on any atom is 0.315 e. The summed E-state index contributed by atoms with van der Waals surface area (Å²) in [5.41, 5.74) is -0.225. The van der Waals surface area contributed by atoms with Crippen LogP contribution in [0.25, 0.3) is 0 Å².